The molecule has 21 heavy (non-hydrogen) atoms. The van der Waals surface area contributed by atoms with Crippen LogP contribution >= 0.6 is 0 Å². The van der Waals surface area contributed by atoms with Gasteiger partial charge in [-0.15, -0.1) is 0 Å². The van der Waals surface area contributed by atoms with Crippen LogP contribution in [0.15, 0.2) is 23.1 Å². The van der Waals surface area contributed by atoms with Crippen LogP contribution in [0.5, 0.6) is 0 Å². The number of sulfonamides is 1. The van der Waals surface area contributed by atoms with Crippen LogP contribution in [0.3, 0.4) is 0 Å². The molecule has 1 aromatic rings. The van der Waals surface area contributed by atoms with E-state index in [0.29, 0.717) is 12.2 Å². The molecular formula is C12H19N3O5S. The maximum Gasteiger partial charge on any atom is 0.291 e. The SMILES string of the molecule is CCNc1ccc(S(=O)(=O)N(CC)CCO)c([N+](=O)[O-])c1. The zero-order chi connectivity index (χ0) is 16.0. The summed E-state index contributed by atoms with van der Waals surface area (Å²) in [5.74, 6) is 0. The van der Waals surface area contributed by atoms with Crippen molar-refractivity contribution in [1.82, 2.24) is 4.31 Å². The Hall–Kier alpha value is -1.71. The van der Waals surface area contributed by atoms with Gasteiger partial charge in [-0.3, -0.25) is 10.1 Å². The van der Waals surface area contributed by atoms with Gasteiger partial charge in [-0.1, -0.05) is 6.92 Å². The molecule has 0 atom stereocenters. The summed E-state index contributed by atoms with van der Waals surface area (Å²) in [5, 5.41) is 23.0. The Morgan fingerprint density at radius 2 is 2.05 bits per heavy atom. The number of nitrogens with one attached hydrogen (secondary N) is 1. The van der Waals surface area contributed by atoms with E-state index in [1.54, 1.807) is 6.92 Å². The number of anilines is 1. The minimum absolute atomic E-state index is 0.106. The maximum atomic E-state index is 12.4. The van der Waals surface area contributed by atoms with Crippen molar-refractivity contribution in [3.63, 3.8) is 0 Å². The standard InChI is InChI=1S/C12H19N3O5S/c1-3-13-10-5-6-12(11(9-10)15(17)18)21(19,20)14(4-2)7-8-16/h5-6,9,13,16H,3-4,7-8H2,1-2H3. The predicted molar refractivity (Wildman–Crippen MR) is 78.8 cm³/mol. The molecule has 0 heterocycles. The third kappa shape index (κ3) is 3.90. The number of hydrogen-bond acceptors (Lipinski definition) is 6. The lowest BCUT2D eigenvalue weighted by Gasteiger charge is -2.19. The molecule has 1 aromatic carbocycles. The number of nitrogens with zero attached hydrogens (tertiary/aromatic N) is 2. The molecule has 0 spiro atoms. The Bertz CT molecular complexity index is 603. The van der Waals surface area contributed by atoms with E-state index in [2.05, 4.69) is 5.32 Å². The summed E-state index contributed by atoms with van der Waals surface area (Å²) < 4.78 is 25.9. The van der Waals surface area contributed by atoms with Crippen molar-refractivity contribution >= 4 is 21.4 Å². The maximum absolute atomic E-state index is 12.4. The van der Waals surface area contributed by atoms with Crippen molar-refractivity contribution in [2.24, 2.45) is 0 Å². The molecule has 8 nitrogen and oxygen atoms in total. The number of hydrogen-bond donors (Lipinski definition) is 2. The summed E-state index contributed by atoms with van der Waals surface area (Å²) >= 11 is 0. The number of rotatable bonds is 8. The van der Waals surface area contributed by atoms with Gasteiger partial charge in [0.1, 0.15) is 0 Å². The van der Waals surface area contributed by atoms with Crippen molar-refractivity contribution < 1.29 is 18.4 Å². The van der Waals surface area contributed by atoms with Crippen LogP contribution in [0.25, 0.3) is 0 Å². The molecule has 0 aliphatic heterocycles. The van der Waals surface area contributed by atoms with Crippen molar-refractivity contribution in [3.8, 4) is 0 Å². The highest BCUT2D eigenvalue weighted by Crippen LogP contribution is 2.29. The summed E-state index contributed by atoms with van der Waals surface area (Å²) in [6.45, 7) is 3.66. The van der Waals surface area contributed by atoms with Gasteiger partial charge in [0.05, 0.1) is 11.5 Å². The van der Waals surface area contributed by atoms with Crippen LogP contribution in [-0.2, 0) is 10.0 Å². The van der Waals surface area contributed by atoms with Gasteiger partial charge in [-0.2, -0.15) is 4.31 Å². The number of aliphatic hydroxyl groups excluding tert-OH is 1. The second-order valence-electron chi connectivity index (χ2n) is 4.19. The molecule has 0 saturated heterocycles. The molecule has 0 aliphatic rings. The monoisotopic (exact) mass is 317 g/mol. The average molecular weight is 317 g/mol. The fourth-order valence-electron chi connectivity index (χ4n) is 1.89. The zero-order valence-corrected chi connectivity index (χ0v) is 12.8. The lowest BCUT2D eigenvalue weighted by molar-refractivity contribution is -0.387. The van der Waals surface area contributed by atoms with Crippen molar-refractivity contribution in [3.05, 3.63) is 28.3 Å². The minimum atomic E-state index is -4.02. The first kappa shape index (κ1) is 17.3. The van der Waals surface area contributed by atoms with Gasteiger partial charge in [-0.25, -0.2) is 8.42 Å². The van der Waals surface area contributed by atoms with E-state index in [-0.39, 0.29) is 24.6 Å². The van der Waals surface area contributed by atoms with Crippen LogP contribution in [-0.4, -0.2) is 49.0 Å². The summed E-state index contributed by atoms with van der Waals surface area (Å²) in [5.41, 5.74) is -0.00167. The molecule has 2 N–H and O–H groups in total. The summed E-state index contributed by atoms with van der Waals surface area (Å²) in [4.78, 5) is 10.0. The highest BCUT2D eigenvalue weighted by atomic mass is 32.2. The molecule has 0 bridgehead atoms. The van der Waals surface area contributed by atoms with E-state index in [4.69, 9.17) is 5.11 Å². The first-order valence-electron chi connectivity index (χ1n) is 6.51. The number of benzene rings is 1. The van der Waals surface area contributed by atoms with Gasteiger partial charge in [0.25, 0.3) is 5.69 Å². The zero-order valence-electron chi connectivity index (χ0n) is 11.9. The van der Waals surface area contributed by atoms with Crippen molar-refractivity contribution in [2.75, 3.05) is 31.6 Å². The van der Waals surface area contributed by atoms with Gasteiger partial charge >= 0.3 is 0 Å². The van der Waals surface area contributed by atoms with Crippen LogP contribution in [0, 0.1) is 10.1 Å². The molecule has 0 aliphatic carbocycles. The van der Waals surface area contributed by atoms with Crippen LogP contribution in [0.4, 0.5) is 11.4 Å². The van der Waals surface area contributed by atoms with Gasteiger partial charge in [0.2, 0.25) is 10.0 Å². The van der Waals surface area contributed by atoms with E-state index >= 15 is 0 Å². The van der Waals surface area contributed by atoms with E-state index in [0.717, 1.165) is 4.31 Å². The van der Waals surface area contributed by atoms with E-state index in [1.807, 2.05) is 6.92 Å². The van der Waals surface area contributed by atoms with Crippen molar-refractivity contribution in [1.29, 1.82) is 0 Å². The summed E-state index contributed by atoms with van der Waals surface area (Å²) in [6.07, 6.45) is 0. The van der Waals surface area contributed by atoms with Crippen LogP contribution in [0.2, 0.25) is 0 Å². The Morgan fingerprint density at radius 3 is 2.52 bits per heavy atom. The normalized spacial score (nSPS) is 11.6. The number of nitro groups is 1. The van der Waals surface area contributed by atoms with E-state index < -0.39 is 20.6 Å². The van der Waals surface area contributed by atoms with Gasteiger partial charge < -0.3 is 10.4 Å². The molecular weight excluding hydrogens is 298 g/mol. The van der Waals surface area contributed by atoms with Crippen molar-refractivity contribution in [2.45, 2.75) is 18.7 Å². The first-order valence-corrected chi connectivity index (χ1v) is 7.95. The molecule has 9 heteroatoms. The molecule has 0 unspecified atom stereocenters. The average Bonchev–Trinajstić information content (AvgIpc) is 2.44. The van der Waals surface area contributed by atoms with E-state index in [9.17, 15) is 18.5 Å². The van der Waals surface area contributed by atoms with Gasteiger partial charge in [-0.05, 0) is 19.1 Å². The Labute approximate surface area is 123 Å². The smallest absolute Gasteiger partial charge is 0.291 e. The fourth-order valence-corrected chi connectivity index (χ4v) is 3.47. The van der Waals surface area contributed by atoms with Crippen LogP contribution < -0.4 is 5.32 Å². The highest BCUT2D eigenvalue weighted by molar-refractivity contribution is 7.89. The molecule has 0 fully saturated rings. The predicted octanol–water partition coefficient (Wildman–Crippen LogP) is 1.03. The number of likely N-dealkylation sites (N-methyl/N-ethyl adjacent to an activating group) is 1. The number of nitro benzene ring substituents is 1. The molecule has 118 valence electrons. The first-order chi connectivity index (χ1) is 9.88. The minimum Gasteiger partial charge on any atom is -0.395 e. The highest BCUT2D eigenvalue weighted by Gasteiger charge is 2.30. The van der Waals surface area contributed by atoms with Gasteiger partial charge in [0.15, 0.2) is 4.90 Å². The van der Waals surface area contributed by atoms with Crippen LogP contribution in [0.1, 0.15) is 13.8 Å². The molecule has 0 radical (unpaired) electrons. The second-order valence-corrected chi connectivity index (χ2v) is 6.10. The van der Waals surface area contributed by atoms with E-state index in [1.165, 1.54) is 18.2 Å². The second kappa shape index (κ2) is 7.34. The third-order valence-corrected chi connectivity index (χ3v) is 4.88. The topological polar surface area (TPSA) is 113 Å². The van der Waals surface area contributed by atoms with Gasteiger partial charge in [0, 0.05) is 31.4 Å². The molecule has 0 saturated carbocycles. The molecule has 1 rings (SSSR count). The Balaban J connectivity index is 3.37. The molecule has 0 amide bonds. The molecule has 0 aromatic heterocycles. The lowest BCUT2D eigenvalue weighted by Crippen LogP contribution is -2.33. The quantitative estimate of drug-likeness (QED) is 0.547. The third-order valence-electron chi connectivity index (χ3n) is 2.86. The number of aliphatic hydroxyl groups is 1. The summed E-state index contributed by atoms with van der Waals surface area (Å²) in [6, 6.07) is 3.89. The Kier molecular flexibility index (Phi) is 6.06. The lowest BCUT2D eigenvalue weighted by atomic mass is 10.3. The summed E-state index contributed by atoms with van der Waals surface area (Å²) in [7, 11) is -4.02. The largest absolute Gasteiger partial charge is 0.395 e. The Morgan fingerprint density at radius 1 is 1.38 bits per heavy atom. The fraction of sp³-hybridized carbons (Fsp3) is 0.500.